The van der Waals surface area contributed by atoms with E-state index in [4.69, 9.17) is 23.2 Å². The van der Waals surface area contributed by atoms with Crippen molar-refractivity contribution in [1.82, 2.24) is 0 Å². The molecule has 2 heteroatoms. The van der Waals surface area contributed by atoms with E-state index in [2.05, 4.69) is 6.07 Å². The smallest absolute Gasteiger partial charge is 0.0488 e. The third-order valence-corrected chi connectivity index (χ3v) is 1.90. The number of hydrogen-bond acceptors (Lipinski definition) is 0. The summed E-state index contributed by atoms with van der Waals surface area (Å²) < 4.78 is 0. The van der Waals surface area contributed by atoms with E-state index in [1.807, 2.05) is 13.0 Å². The fourth-order valence-corrected chi connectivity index (χ4v) is 1.19. The second-order valence-electron chi connectivity index (χ2n) is 2.01. The van der Waals surface area contributed by atoms with Crippen molar-refractivity contribution < 1.29 is 0 Å². The molecule has 1 aromatic rings. The first kappa shape index (κ1) is 7.90. The molecule has 0 saturated heterocycles. The van der Waals surface area contributed by atoms with E-state index in [1.165, 1.54) is 0 Å². The molecule has 10 heavy (non-hydrogen) atoms. The highest BCUT2D eigenvalue weighted by atomic mass is 35.5. The van der Waals surface area contributed by atoms with Gasteiger partial charge in [-0.3, -0.25) is 0 Å². The van der Waals surface area contributed by atoms with Gasteiger partial charge in [0.15, 0.2) is 0 Å². The van der Waals surface area contributed by atoms with Crippen molar-refractivity contribution in [3.8, 4) is 0 Å². The third kappa shape index (κ3) is 1.65. The molecule has 1 rings (SSSR count). The lowest BCUT2D eigenvalue weighted by Crippen LogP contribution is -1.80. The number of aryl methyl sites for hydroxylation is 1. The van der Waals surface area contributed by atoms with Gasteiger partial charge in [-0.1, -0.05) is 30.1 Å². The topological polar surface area (TPSA) is 0 Å². The molecule has 0 nitrogen and oxygen atoms in total. The lowest BCUT2D eigenvalue weighted by molar-refractivity contribution is 1.14. The Balaban J connectivity index is 3.09. The van der Waals surface area contributed by atoms with Crippen LogP contribution in [0.5, 0.6) is 0 Å². The van der Waals surface area contributed by atoms with Gasteiger partial charge in [0.25, 0.3) is 0 Å². The fourth-order valence-electron chi connectivity index (χ4n) is 0.760. The van der Waals surface area contributed by atoms with Crippen molar-refractivity contribution in [3.05, 3.63) is 33.8 Å². The van der Waals surface area contributed by atoms with Crippen LogP contribution >= 0.6 is 23.2 Å². The summed E-state index contributed by atoms with van der Waals surface area (Å²) in [5, 5.41) is 1.37. The zero-order chi connectivity index (χ0) is 7.56. The minimum atomic E-state index is 0.626. The van der Waals surface area contributed by atoms with Crippen molar-refractivity contribution >= 4 is 23.2 Å². The Hall–Kier alpha value is -0.200. The van der Waals surface area contributed by atoms with Gasteiger partial charge in [-0.05, 0) is 24.1 Å². The minimum absolute atomic E-state index is 0.626. The molecule has 0 spiro atoms. The van der Waals surface area contributed by atoms with Gasteiger partial charge in [-0.2, -0.15) is 0 Å². The van der Waals surface area contributed by atoms with Crippen LogP contribution in [-0.4, -0.2) is 0 Å². The Morgan fingerprint density at radius 2 is 2.20 bits per heavy atom. The number of rotatable bonds is 1. The molecule has 0 aliphatic carbocycles. The molecule has 0 N–H and O–H groups in total. The van der Waals surface area contributed by atoms with Crippen LogP contribution in [0.3, 0.4) is 0 Å². The Bertz CT molecular complexity index is 231. The van der Waals surface area contributed by atoms with Gasteiger partial charge in [0, 0.05) is 16.1 Å². The first-order valence-electron chi connectivity index (χ1n) is 3.09. The largest absolute Gasteiger partial charge is 0.0840 e. The molecule has 0 bridgehead atoms. The van der Waals surface area contributed by atoms with Crippen molar-refractivity contribution in [2.24, 2.45) is 0 Å². The summed E-state index contributed by atoms with van der Waals surface area (Å²) in [7, 11) is 0. The van der Waals surface area contributed by atoms with Gasteiger partial charge in [-0.15, -0.1) is 0 Å². The Morgan fingerprint density at radius 1 is 1.50 bits per heavy atom. The van der Waals surface area contributed by atoms with Gasteiger partial charge in [0.1, 0.15) is 0 Å². The summed E-state index contributed by atoms with van der Waals surface area (Å²) >= 11 is 11.5. The van der Waals surface area contributed by atoms with Crippen LogP contribution in [0.4, 0.5) is 0 Å². The second kappa shape index (κ2) is 3.27. The van der Waals surface area contributed by atoms with Crippen LogP contribution in [0.1, 0.15) is 12.5 Å². The first-order chi connectivity index (χ1) is 4.74. The van der Waals surface area contributed by atoms with E-state index in [0.29, 0.717) is 5.02 Å². The van der Waals surface area contributed by atoms with E-state index in [9.17, 15) is 0 Å². The zero-order valence-corrected chi connectivity index (χ0v) is 7.13. The lowest BCUT2D eigenvalue weighted by Gasteiger charge is -1.98. The van der Waals surface area contributed by atoms with Crippen molar-refractivity contribution in [3.63, 3.8) is 0 Å². The second-order valence-corrected chi connectivity index (χ2v) is 2.82. The summed E-state index contributed by atoms with van der Waals surface area (Å²) in [5.41, 5.74) is 1.07. The summed E-state index contributed by atoms with van der Waals surface area (Å²) in [6.45, 7) is 2.04. The van der Waals surface area contributed by atoms with Crippen molar-refractivity contribution in [2.45, 2.75) is 13.3 Å². The van der Waals surface area contributed by atoms with Gasteiger partial charge in [0.05, 0.1) is 0 Å². The molecule has 0 fully saturated rings. The quantitative estimate of drug-likeness (QED) is 0.612. The Kier molecular flexibility index (Phi) is 2.58. The zero-order valence-electron chi connectivity index (χ0n) is 5.62. The highest BCUT2D eigenvalue weighted by Gasteiger charge is 1.97. The average Bonchev–Trinajstić information content (AvgIpc) is 1.94. The summed E-state index contributed by atoms with van der Waals surface area (Å²) in [5.74, 6) is 0. The van der Waals surface area contributed by atoms with Gasteiger partial charge >= 0.3 is 0 Å². The highest BCUT2D eigenvalue weighted by molar-refractivity contribution is 6.33. The monoisotopic (exact) mass is 173 g/mol. The summed E-state index contributed by atoms with van der Waals surface area (Å²) in [6, 6.07) is 6.34. The molecule has 0 atom stereocenters. The Morgan fingerprint density at radius 3 is 2.70 bits per heavy atom. The van der Waals surface area contributed by atoms with E-state index in [-0.39, 0.29) is 0 Å². The van der Waals surface area contributed by atoms with Crippen molar-refractivity contribution in [1.29, 1.82) is 0 Å². The van der Waals surface area contributed by atoms with Crippen LogP contribution < -0.4 is 0 Å². The molecule has 0 heterocycles. The Labute approximate surface area is 70.8 Å². The molecular weight excluding hydrogens is 167 g/mol. The molecule has 0 aliphatic heterocycles. The highest BCUT2D eigenvalue weighted by Crippen LogP contribution is 2.19. The van der Waals surface area contributed by atoms with Crippen LogP contribution in [0.2, 0.25) is 10.0 Å². The molecule has 1 radical (unpaired) electrons. The average molecular weight is 174 g/mol. The number of benzene rings is 1. The van der Waals surface area contributed by atoms with Gasteiger partial charge in [-0.25, -0.2) is 0 Å². The van der Waals surface area contributed by atoms with Crippen molar-refractivity contribution in [2.75, 3.05) is 0 Å². The molecule has 0 saturated carbocycles. The van der Waals surface area contributed by atoms with Gasteiger partial charge in [0.2, 0.25) is 0 Å². The molecular formula is C8H7Cl2. The molecule has 0 aromatic heterocycles. The SMILES string of the molecule is CCc1cc(Cl)[c]cc1Cl. The van der Waals surface area contributed by atoms with E-state index in [1.54, 1.807) is 6.07 Å². The number of hydrogen-bond donors (Lipinski definition) is 0. The summed E-state index contributed by atoms with van der Waals surface area (Å²) in [6.07, 6.45) is 0.910. The maximum Gasteiger partial charge on any atom is 0.0488 e. The fraction of sp³-hybridized carbons (Fsp3) is 0.250. The standard InChI is InChI=1S/C8H7Cl2/c1-2-6-5-7(9)3-4-8(6)10/h4-5H,2H2,1H3. The first-order valence-corrected chi connectivity index (χ1v) is 3.85. The van der Waals surface area contributed by atoms with Crippen LogP contribution in [0.25, 0.3) is 0 Å². The lowest BCUT2D eigenvalue weighted by atomic mass is 10.2. The van der Waals surface area contributed by atoms with Crippen LogP contribution in [0.15, 0.2) is 12.1 Å². The third-order valence-electron chi connectivity index (χ3n) is 1.33. The summed E-state index contributed by atoms with van der Waals surface area (Å²) in [4.78, 5) is 0. The molecule has 1 aromatic carbocycles. The molecule has 0 unspecified atom stereocenters. The maximum absolute atomic E-state index is 5.81. The van der Waals surface area contributed by atoms with Crippen LogP contribution in [-0.2, 0) is 6.42 Å². The minimum Gasteiger partial charge on any atom is -0.0840 e. The van der Waals surface area contributed by atoms with E-state index < -0.39 is 0 Å². The van der Waals surface area contributed by atoms with E-state index >= 15 is 0 Å². The predicted molar refractivity (Wildman–Crippen MR) is 44.7 cm³/mol. The molecule has 53 valence electrons. The maximum atomic E-state index is 5.81. The molecule has 0 amide bonds. The number of halogens is 2. The van der Waals surface area contributed by atoms with Crippen LogP contribution in [0, 0.1) is 6.07 Å². The molecule has 0 aliphatic rings. The van der Waals surface area contributed by atoms with E-state index in [0.717, 1.165) is 17.0 Å². The van der Waals surface area contributed by atoms with Gasteiger partial charge < -0.3 is 0 Å². The predicted octanol–water partition coefficient (Wildman–Crippen LogP) is 3.36. The normalized spacial score (nSPS) is 9.90.